The predicted octanol–water partition coefficient (Wildman–Crippen LogP) is -0.856. The number of aromatic nitrogens is 2. The number of carbonyl (C=O) groups is 1. The highest BCUT2D eigenvalue weighted by molar-refractivity contribution is 7.20. The summed E-state index contributed by atoms with van der Waals surface area (Å²) in [6.07, 6.45) is 0.686. The molecule has 0 spiro atoms. The van der Waals surface area contributed by atoms with E-state index in [1.54, 1.807) is 0 Å². The van der Waals surface area contributed by atoms with Gasteiger partial charge in [0.05, 0.1) is 0 Å². The normalized spacial score (nSPS) is 9.00. The summed E-state index contributed by atoms with van der Waals surface area (Å²) in [5, 5.41) is 7.53. The summed E-state index contributed by atoms with van der Waals surface area (Å²) in [7, 11) is 0. The zero-order valence-corrected chi connectivity index (χ0v) is 5.84. The third kappa shape index (κ3) is 1.13. The van der Waals surface area contributed by atoms with E-state index in [9.17, 15) is 4.79 Å². The van der Waals surface area contributed by atoms with Crippen molar-refractivity contribution in [3.05, 3.63) is 5.01 Å². The van der Waals surface area contributed by atoms with Gasteiger partial charge >= 0.3 is 0 Å². The molecule has 1 heterocycles. The minimum atomic E-state index is 0.426. The van der Waals surface area contributed by atoms with Crippen molar-refractivity contribution in [1.82, 2.24) is 10.2 Å². The van der Waals surface area contributed by atoms with Crippen molar-refractivity contribution in [2.24, 2.45) is 0 Å². The number of hydrogen-bond acceptors (Lipinski definition) is 4. The Kier molecular flexibility index (Phi) is 1.74. The summed E-state index contributed by atoms with van der Waals surface area (Å²) in [6, 6.07) is 0. The molecule has 0 N–H and O–H groups in total. The van der Waals surface area contributed by atoms with Crippen LogP contribution in [0.3, 0.4) is 0 Å². The summed E-state index contributed by atoms with van der Waals surface area (Å²) in [4.78, 5) is 9.92. The number of nitrogens with zero attached hydrogens (tertiary/aromatic N) is 2. The Morgan fingerprint density at radius 2 is 2.38 bits per heavy atom. The van der Waals surface area contributed by atoms with Crippen LogP contribution in [0, 0.1) is 0 Å². The molecule has 38 valence electrons. The van der Waals surface area contributed by atoms with Crippen molar-refractivity contribution in [3.63, 3.8) is 0 Å². The van der Waals surface area contributed by atoms with Crippen molar-refractivity contribution in [1.29, 1.82) is 0 Å². The zero-order valence-electron chi connectivity index (χ0n) is 3.87. The first-order valence-electron chi connectivity index (χ1n) is 1.87. The predicted molar refractivity (Wildman–Crippen MR) is 30.7 cm³/mol. The van der Waals surface area contributed by atoms with E-state index in [1.165, 1.54) is 11.3 Å². The van der Waals surface area contributed by atoms with Gasteiger partial charge in [-0.15, -0.1) is 16.4 Å². The quantitative estimate of drug-likeness (QED) is 0.376. The molecule has 5 heteroatoms. The lowest BCUT2D eigenvalue weighted by atomic mass is 10.8. The standard InChI is InChI=1S/C3HN2OS.Al/c6-1-3-5-4-2-7-3;/h1H;. The van der Waals surface area contributed by atoms with Crippen LogP contribution in [0.5, 0.6) is 0 Å². The maximum absolute atomic E-state index is 9.92. The van der Waals surface area contributed by atoms with Crippen molar-refractivity contribution in [3.8, 4) is 0 Å². The maximum atomic E-state index is 9.92. The Bertz CT molecular complexity index is 199. The lowest BCUT2D eigenvalue weighted by molar-refractivity contribution is 0.112. The largest absolute Gasteiger partial charge is 0.295 e. The highest BCUT2D eigenvalue weighted by Crippen LogP contribution is 1.90. The topological polar surface area (TPSA) is 42.9 Å². The smallest absolute Gasteiger partial charge is 0.232 e. The molecule has 0 amide bonds. The molecule has 0 saturated heterocycles. The van der Waals surface area contributed by atoms with Crippen LogP contribution >= 0.6 is 11.3 Å². The summed E-state index contributed by atoms with van der Waals surface area (Å²) in [5.74, 6) is 0. The highest BCUT2D eigenvalue weighted by atomic mass is 32.1. The average Bonchev–Trinajstić information content (AvgIpc) is 2.14. The van der Waals surface area contributed by atoms with E-state index in [0.29, 0.717) is 11.3 Å². The van der Waals surface area contributed by atoms with Crippen LogP contribution in [0.1, 0.15) is 9.80 Å². The first kappa shape index (κ1) is 5.89. The molecule has 0 saturated carbocycles. The summed E-state index contributed by atoms with van der Waals surface area (Å²) >= 11 is 3.63. The van der Waals surface area contributed by atoms with Crippen LogP contribution in [-0.4, -0.2) is 32.8 Å². The molecule has 1 aromatic rings. The Hall–Kier alpha value is -0.238. The minimum Gasteiger partial charge on any atom is -0.295 e. The van der Waals surface area contributed by atoms with E-state index in [1.807, 2.05) is 0 Å². The van der Waals surface area contributed by atoms with Gasteiger partial charge in [-0.2, -0.15) is 5.10 Å². The van der Waals surface area contributed by atoms with E-state index in [-0.39, 0.29) is 0 Å². The van der Waals surface area contributed by atoms with Gasteiger partial charge < -0.3 is 0 Å². The molecule has 0 aliphatic carbocycles. The molecule has 3 nitrogen and oxygen atoms in total. The zero-order chi connectivity index (χ0) is 5.98. The number of rotatable bonds is 1. The molecule has 0 fully saturated rings. The van der Waals surface area contributed by atoms with Crippen molar-refractivity contribution >= 4 is 37.8 Å². The van der Waals surface area contributed by atoms with Gasteiger partial charge in [0.25, 0.3) is 0 Å². The fourth-order valence-corrected chi connectivity index (χ4v) is 1.14. The van der Waals surface area contributed by atoms with Gasteiger partial charge in [0.1, 0.15) is 0 Å². The molecule has 0 aromatic carbocycles. The van der Waals surface area contributed by atoms with Gasteiger partial charge in [-0.1, -0.05) is 0 Å². The molecular formula is C3HAlN2OS. The Morgan fingerprint density at radius 1 is 1.62 bits per heavy atom. The third-order valence-electron chi connectivity index (χ3n) is 0.557. The summed E-state index contributed by atoms with van der Waals surface area (Å²) < 4.78 is 0.743. The van der Waals surface area contributed by atoms with Gasteiger partial charge in [0.15, 0.2) is 11.3 Å². The van der Waals surface area contributed by atoms with Gasteiger partial charge in [-0.3, -0.25) is 4.79 Å². The molecule has 0 aliphatic heterocycles. The van der Waals surface area contributed by atoms with Crippen LogP contribution < -0.4 is 3.87 Å². The molecular weight excluding hydrogens is 139 g/mol. The Morgan fingerprint density at radius 3 is 2.62 bits per heavy atom. The van der Waals surface area contributed by atoms with E-state index < -0.39 is 0 Å². The van der Waals surface area contributed by atoms with Crippen molar-refractivity contribution in [2.75, 3.05) is 0 Å². The summed E-state index contributed by atoms with van der Waals surface area (Å²) in [5.41, 5.74) is 0. The van der Waals surface area contributed by atoms with Crippen LogP contribution in [-0.2, 0) is 0 Å². The Labute approximate surface area is 58.2 Å². The van der Waals surface area contributed by atoms with Crippen LogP contribution in [0.25, 0.3) is 0 Å². The number of aldehydes is 1. The molecule has 0 aliphatic rings. The fourth-order valence-electron chi connectivity index (χ4n) is 0.294. The molecule has 1 rings (SSSR count). The molecule has 0 unspecified atom stereocenters. The second-order valence-corrected chi connectivity index (χ2v) is 3.10. The van der Waals surface area contributed by atoms with Crippen LogP contribution in [0.4, 0.5) is 0 Å². The average molecular weight is 140 g/mol. The van der Waals surface area contributed by atoms with Gasteiger partial charge in [0, 0.05) is 3.87 Å². The maximum Gasteiger partial charge on any atom is 0.232 e. The molecule has 8 heavy (non-hydrogen) atoms. The monoisotopic (exact) mass is 140 g/mol. The molecule has 2 radical (unpaired) electrons. The first-order chi connectivity index (χ1) is 3.83. The Balaban J connectivity index is 3.00. The SMILES string of the molecule is O=Cc1nn[c]([Al])s1. The van der Waals surface area contributed by atoms with Gasteiger partial charge in [0.2, 0.25) is 16.3 Å². The molecule has 0 atom stereocenters. The molecule has 0 bridgehead atoms. The third-order valence-corrected chi connectivity index (χ3v) is 1.70. The molecule has 1 aromatic heterocycles. The van der Waals surface area contributed by atoms with Crippen LogP contribution in [0.15, 0.2) is 0 Å². The van der Waals surface area contributed by atoms with Crippen molar-refractivity contribution in [2.45, 2.75) is 0 Å². The second kappa shape index (κ2) is 2.36. The van der Waals surface area contributed by atoms with Gasteiger partial charge in [-0.25, -0.2) is 0 Å². The summed E-state index contributed by atoms with van der Waals surface area (Å²) in [6.45, 7) is 0. The van der Waals surface area contributed by atoms with E-state index in [0.717, 1.165) is 3.87 Å². The first-order valence-corrected chi connectivity index (χ1v) is 3.26. The van der Waals surface area contributed by atoms with E-state index >= 15 is 0 Å². The van der Waals surface area contributed by atoms with Crippen LogP contribution in [0.2, 0.25) is 0 Å². The van der Waals surface area contributed by atoms with E-state index in [4.69, 9.17) is 0 Å². The number of hydrogen-bond donors (Lipinski definition) is 0. The fraction of sp³-hybridized carbons (Fsp3) is 0. The van der Waals surface area contributed by atoms with Crippen molar-refractivity contribution < 1.29 is 4.79 Å². The second-order valence-electron chi connectivity index (χ2n) is 1.10. The van der Waals surface area contributed by atoms with E-state index in [2.05, 4.69) is 26.5 Å². The highest BCUT2D eigenvalue weighted by Gasteiger charge is 1.92. The lowest BCUT2D eigenvalue weighted by Crippen LogP contribution is -1.97. The lowest BCUT2D eigenvalue weighted by Gasteiger charge is -1.66. The van der Waals surface area contributed by atoms with Gasteiger partial charge in [-0.05, 0) is 0 Å². The minimum absolute atomic E-state index is 0.426. The number of carbonyl (C=O) groups excluding carboxylic acids is 1.